The lowest BCUT2D eigenvalue weighted by atomic mass is 9.75. The molecule has 0 unspecified atom stereocenters. The second kappa shape index (κ2) is 5.24. The van der Waals surface area contributed by atoms with Crippen LogP contribution in [0.5, 0.6) is 5.75 Å². The Labute approximate surface area is 115 Å². The number of carbonyl (C=O) groups is 1. The van der Waals surface area contributed by atoms with E-state index in [-0.39, 0.29) is 17.7 Å². The molecule has 2 rings (SSSR count). The molecule has 19 heavy (non-hydrogen) atoms. The van der Waals surface area contributed by atoms with Gasteiger partial charge in [0.25, 0.3) is 5.91 Å². The molecule has 1 aliphatic rings. The fraction of sp³-hybridized carbons (Fsp3) is 0.562. The third-order valence-electron chi connectivity index (χ3n) is 4.13. The van der Waals surface area contributed by atoms with E-state index in [1.807, 2.05) is 6.92 Å². The Kier molecular flexibility index (Phi) is 3.83. The van der Waals surface area contributed by atoms with Crippen LogP contribution in [0.3, 0.4) is 0 Å². The topological polar surface area (TPSA) is 49.3 Å². The number of benzene rings is 1. The average molecular weight is 261 g/mol. The van der Waals surface area contributed by atoms with Crippen LogP contribution >= 0.6 is 0 Å². The molecule has 1 aliphatic carbocycles. The van der Waals surface area contributed by atoms with Crippen molar-refractivity contribution in [3.05, 3.63) is 29.3 Å². The Morgan fingerprint density at radius 2 is 1.95 bits per heavy atom. The summed E-state index contributed by atoms with van der Waals surface area (Å²) in [6.45, 7) is 6.42. The Balaban J connectivity index is 1.98. The van der Waals surface area contributed by atoms with Crippen molar-refractivity contribution in [1.82, 2.24) is 5.32 Å². The van der Waals surface area contributed by atoms with Crippen LogP contribution in [0.1, 0.15) is 55.5 Å². The Morgan fingerprint density at radius 3 is 2.53 bits per heavy atom. The second-order valence-electron chi connectivity index (χ2n) is 6.41. The molecule has 0 radical (unpaired) electrons. The minimum Gasteiger partial charge on any atom is -0.508 e. The highest BCUT2D eigenvalue weighted by molar-refractivity contribution is 5.95. The fourth-order valence-electron chi connectivity index (χ4n) is 2.71. The maximum Gasteiger partial charge on any atom is 0.251 e. The predicted octanol–water partition coefficient (Wildman–Crippen LogP) is 3.40. The second-order valence-corrected chi connectivity index (χ2v) is 6.41. The first-order valence-electron chi connectivity index (χ1n) is 6.98. The molecule has 1 fully saturated rings. The lowest BCUT2D eigenvalue weighted by molar-refractivity contribution is 0.0908. The minimum absolute atomic E-state index is 0.0257. The van der Waals surface area contributed by atoms with Gasteiger partial charge in [-0.1, -0.05) is 13.8 Å². The predicted molar refractivity (Wildman–Crippen MR) is 76.3 cm³/mol. The zero-order valence-electron chi connectivity index (χ0n) is 12.0. The van der Waals surface area contributed by atoms with E-state index in [9.17, 15) is 9.90 Å². The number of rotatable bonds is 2. The number of phenolic OH excluding ortho intramolecular Hbond substituents is 1. The highest BCUT2D eigenvalue weighted by atomic mass is 16.3. The molecule has 0 spiro atoms. The van der Waals surface area contributed by atoms with Crippen molar-refractivity contribution in [1.29, 1.82) is 0 Å². The standard InChI is InChI=1S/C16H23NO2/c1-11-10-13(18)4-5-14(11)15(19)17-12-6-8-16(2,3)9-7-12/h4-5,10,12,18H,6-9H2,1-3H3,(H,17,19). The molecular weight excluding hydrogens is 238 g/mol. The normalized spacial score (nSPS) is 19.1. The van der Waals surface area contributed by atoms with Crippen LogP contribution in [0.2, 0.25) is 0 Å². The highest BCUT2D eigenvalue weighted by Gasteiger charge is 2.27. The molecule has 0 bridgehead atoms. The van der Waals surface area contributed by atoms with Crippen molar-refractivity contribution in [3.63, 3.8) is 0 Å². The Bertz CT molecular complexity index is 470. The van der Waals surface area contributed by atoms with E-state index < -0.39 is 0 Å². The molecule has 3 nitrogen and oxygen atoms in total. The first kappa shape index (κ1) is 13.9. The van der Waals surface area contributed by atoms with Crippen molar-refractivity contribution < 1.29 is 9.90 Å². The lowest BCUT2D eigenvalue weighted by Crippen LogP contribution is -2.39. The maximum absolute atomic E-state index is 12.2. The fourth-order valence-corrected chi connectivity index (χ4v) is 2.71. The first-order chi connectivity index (χ1) is 8.87. The number of amides is 1. The van der Waals surface area contributed by atoms with Crippen LogP contribution < -0.4 is 5.32 Å². The van der Waals surface area contributed by atoms with Gasteiger partial charge in [-0.05, 0) is 61.8 Å². The monoisotopic (exact) mass is 261 g/mol. The molecule has 1 aromatic carbocycles. The molecule has 1 amide bonds. The number of aryl methyl sites for hydroxylation is 1. The molecular formula is C16H23NO2. The molecule has 1 saturated carbocycles. The van der Waals surface area contributed by atoms with Gasteiger partial charge in [0.1, 0.15) is 5.75 Å². The number of carbonyl (C=O) groups excluding carboxylic acids is 1. The van der Waals surface area contributed by atoms with Gasteiger partial charge in [-0.15, -0.1) is 0 Å². The highest BCUT2D eigenvalue weighted by Crippen LogP contribution is 2.35. The maximum atomic E-state index is 12.2. The van der Waals surface area contributed by atoms with E-state index in [4.69, 9.17) is 0 Å². The summed E-state index contributed by atoms with van der Waals surface area (Å²) in [7, 11) is 0. The minimum atomic E-state index is -0.0257. The molecule has 104 valence electrons. The van der Waals surface area contributed by atoms with Crippen LogP contribution in [0.25, 0.3) is 0 Å². The molecule has 0 heterocycles. The quantitative estimate of drug-likeness (QED) is 0.857. The number of aromatic hydroxyl groups is 1. The summed E-state index contributed by atoms with van der Waals surface area (Å²) in [5.74, 6) is 0.177. The van der Waals surface area contributed by atoms with Gasteiger partial charge in [-0.25, -0.2) is 0 Å². The van der Waals surface area contributed by atoms with Crippen LogP contribution in [-0.2, 0) is 0 Å². The number of hydrogen-bond acceptors (Lipinski definition) is 2. The summed E-state index contributed by atoms with van der Waals surface area (Å²) in [6.07, 6.45) is 4.42. The molecule has 0 saturated heterocycles. The Morgan fingerprint density at radius 1 is 1.32 bits per heavy atom. The molecule has 3 heteroatoms. The van der Waals surface area contributed by atoms with Crippen LogP contribution in [0.15, 0.2) is 18.2 Å². The van der Waals surface area contributed by atoms with E-state index in [1.54, 1.807) is 18.2 Å². The van der Waals surface area contributed by atoms with E-state index in [0.29, 0.717) is 11.0 Å². The van der Waals surface area contributed by atoms with Gasteiger partial charge >= 0.3 is 0 Å². The molecule has 1 aromatic rings. The third kappa shape index (κ3) is 3.49. The summed E-state index contributed by atoms with van der Waals surface area (Å²) in [5, 5.41) is 12.5. The summed E-state index contributed by atoms with van der Waals surface area (Å²) in [5.41, 5.74) is 1.88. The summed E-state index contributed by atoms with van der Waals surface area (Å²) in [4.78, 5) is 12.2. The summed E-state index contributed by atoms with van der Waals surface area (Å²) < 4.78 is 0. The SMILES string of the molecule is Cc1cc(O)ccc1C(=O)NC1CCC(C)(C)CC1. The molecule has 0 atom stereocenters. The van der Waals surface area contributed by atoms with Crippen molar-refractivity contribution in [2.75, 3.05) is 0 Å². The van der Waals surface area contributed by atoms with E-state index >= 15 is 0 Å². The van der Waals surface area contributed by atoms with E-state index in [2.05, 4.69) is 19.2 Å². The van der Waals surface area contributed by atoms with E-state index in [0.717, 1.165) is 31.2 Å². The van der Waals surface area contributed by atoms with Gasteiger partial charge in [0, 0.05) is 11.6 Å². The molecule has 2 N–H and O–H groups in total. The Hall–Kier alpha value is -1.51. The summed E-state index contributed by atoms with van der Waals surface area (Å²) >= 11 is 0. The van der Waals surface area contributed by atoms with Crippen molar-refractivity contribution in [2.24, 2.45) is 5.41 Å². The van der Waals surface area contributed by atoms with Gasteiger partial charge in [-0.3, -0.25) is 4.79 Å². The van der Waals surface area contributed by atoms with Gasteiger partial charge in [0.2, 0.25) is 0 Å². The third-order valence-corrected chi connectivity index (χ3v) is 4.13. The van der Waals surface area contributed by atoms with Crippen LogP contribution in [0.4, 0.5) is 0 Å². The lowest BCUT2D eigenvalue weighted by Gasteiger charge is -2.34. The zero-order valence-corrected chi connectivity index (χ0v) is 12.0. The van der Waals surface area contributed by atoms with Crippen molar-refractivity contribution in [2.45, 2.75) is 52.5 Å². The van der Waals surface area contributed by atoms with Crippen LogP contribution in [-0.4, -0.2) is 17.1 Å². The number of phenols is 1. The summed E-state index contributed by atoms with van der Waals surface area (Å²) in [6, 6.07) is 5.16. The van der Waals surface area contributed by atoms with Crippen molar-refractivity contribution >= 4 is 5.91 Å². The molecule has 0 aromatic heterocycles. The van der Waals surface area contributed by atoms with Gasteiger partial charge in [0.15, 0.2) is 0 Å². The first-order valence-corrected chi connectivity index (χ1v) is 6.98. The van der Waals surface area contributed by atoms with Crippen LogP contribution in [0, 0.1) is 12.3 Å². The van der Waals surface area contributed by atoms with Gasteiger partial charge in [-0.2, -0.15) is 0 Å². The smallest absolute Gasteiger partial charge is 0.251 e. The largest absolute Gasteiger partial charge is 0.508 e. The number of hydrogen-bond donors (Lipinski definition) is 2. The van der Waals surface area contributed by atoms with Gasteiger partial charge < -0.3 is 10.4 Å². The van der Waals surface area contributed by atoms with E-state index in [1.165, 1.54) is 0 Å². The zero-order chi connectivity index (χ0) is 14.0. The van der Waals surface area contributed by atoms with Gasteiger partial charge in [0.05, 0.1) is 0 Å². The number of nitrogens with one attached hydrogen (secondary N) is 1. The average Bonchev–Trinajstić information content (AvgIpc) is 2.31. The molecule has 0 aliphatic heterocycles. The van der Waals surface area contributed by atoms with Crippen molar-refractivity contribution in [3.8, 4) is 5.75 Å².